The molecule has 3 rings (SSSR count). The van der Waals surface area contributed by atoms with Crippen molar-refractivity contribution in [3.8, 4) is 0 Å². The van der Waals surface area contributed by atoms with E-state index in [0.29, 0.717) is 6.54 Å². The lowest BCUT2D eigenvalue weighted by molar-refractivity contribution is -0.143. The zero-order valence-corrected chi connectivity index (χ0v) is 13.7. The highest BCUT2D eigenvalue weighted by molar-refractivity contribution is 9.10. The van der Waals surface area contributed by atoms with E-state index in [0.717, 1.165) is 35.2 Å². The summed E-state index contributed by atoms with van der Waals surface area (Å²) in [6.45, 7) is 1.43. The van der Waals surface area contributed by atoms with Gasteiger partial charge in [0, 0.05) is 11.0 Å². The molecule has 22 heavy (non-hydrogen) atoms. The number of halogens is 1. The van der Waals surface area contributed by atoms with Crippen molar-refractivity contribution in [1.82, 2.24) is 4.90 Å². The summed E-state index contributed by atoms with van der Waals surface area (Å²) in [5.41, 5.74) is 1.11. The van der Waals surface area contributed by atoms with Gasteiger partial charge in [-0.2, -0.15) is 0 Å². The molecule has 1 aliphatic rings. The van der Waals surface area contributed by atoms with Crippen LogP contribution >= 0.6 is 15.9 Å². The van der Waals surface area contributed by atoms with Gasteiger partial charge in [-0.1, -0.05) is 28.1 Å². The maximum atomic E-state index is 11.3. The summed E-state index contributed by atoms with van der Waals surface area (Å²) in [6, 6.07) is 11.9. The molecule has 0 radical (unpaired) electrons. The van der Waals surface area contributed by atoms with Crippen molar-refractivity contribution < 1.29 is 14.3 Å². The molecule has 116 valence electrons. The molecule has 0 bridgehead atoms. The third-order valence-electron chi connectivity index (χ3n) is 4.14. The predicted molar refractivity (Wildman–Crippen MR) is 86.6 cm³/mol. The lowest BCUT2D eigenvalue weighted by Crippen LogP contribution is -2.41. The molecule has 2 atom stereocenters. The van der Waals surface area contributed by atoms with Crippen LogP contribution in [0.15, 0.2) is 51.6 Å². The Morgan fingerprint density at radius 3 is 2.91 bits per heavy atom. The van der Waals surface area contributed by atoms with Crippen LogP contribution in [-0.2, 0) is 4.79 Å². The number of piperidine rings is 1. The summed E-state index contributed by atoms with van der Waals surface area (Å²) in [5, 5.41) is 9.33. The maximum absolute atomic E-state index is 11.3. The van der Waals surface area contributed by atoms with E-state index in [-0.39, 0.29) is 12.0 Å². The number of nitrogens with zero attached hydrogens (tertiary/aromatic N) is 1. The lowest BCUT2D eigenvalue weighted by Gasteiger charge is -2.36. The van der Waals surface area contributed by atoms with E-state index in [1.165, 1.54) is 0 Å². The highest BCUT2D eigenvalue weighted by Gasteiger charge is 2.32. The second-order valence-corrected chi connectivity index (χ2v) is 6.56. The van der Waals surface area contributed by atoms with Gasteiger partial charge >= 0.3 is 5.97 Å². The normalized spacial score (nSPS) is 20.7. The van der Waals surface area contributed by atoms with Gasteiger partial charge < -0.3 is 9.52 Å². The summed E-state index contributed by atoms with van der Waals surface area (Å²) >= 11 is 3.51. The lowest BCUT2D eigenvalue weighted by atomic mass is 9.94. The van der Waals surface area contributed by atoms with E-state index in [1.807, 2.05) is 24.3 Å². The zero-order valence-electron chi connectivity index (χ0n) is 12.1. The first-order chi connectivity index (χ1) is 10.6. The predicted octanol–water partition coefficient (Wildman–Crippen LogP) is 3.93. The van der Waals surface area contributed by atoms with Crippen LogP contribution in [0, 0.1) is 5.92 Å². The first-order valence-corrected chi connectivity index (χ1v) is 8.20. The summed E-state index contributed by atoms with van der Waals surface area (Å²) < 4.78 is 6.64. The number of carboxylic acids is 1. The quantitative estimate of drug-likeness (QED) is 0.893. The van der Waals surface area contributed by atoms with Crippen molar-refractivity contribution >= 4 is 21.9 Å². The molecule has 1 aromatic carbocycles. The molecule has 5 heteroatoms. The van der Waals surface area contributed by atoms with Crippen LogP contribution in [-0.4, -0.2) is 29.1 Å². The Bertz CT molecular complexity index is 641. The molecule has 1 N–H and O–H groups in total. The molecular weight excluding hydrogens is 346 g/mol. The first kappa shape index (κ1) is 15.3. The Labute approximate surface area is 137 Å². The number of likely N-dealkylation sites (tertiary alicyclic amines) is 1. The molecule has 1 fully saturated rings. The van der Waals surface area contributed by atoms with Gasteiger partial charge in [-0.3, -0.25) is 9.69 Å². The van der Waals surface area contributed by atoms with Crippen molar-refractivity contribution in [3.63, 3.8) is 0 Å². The molecule has 0 spiro atoms. The van der Waals surface area contributed by atoms with Gasteiger partial charge in [-0.15, -0.1) is 0 Å². The number of hydrogen-bond acceptors (Lipinski definition) is 3. The highest BCUT2D eigenvalue weighted by atomic mass is 79.9. The molecule has 2 heterocycles. The topological polar surface area (TPSA) is 53.7 Å². The van der Waals surface area contributed by atoms with E-state index < -0.39 is 5.97 Å². The van der Waals surface area contributed by atoms with Gasteiger partial charge in [-0.05, 0) is 49.2 Å². The van der Waals surface area contributed by atoms with E-state index in [1.54, 1.807) is 6.26 Å². The van der Waals surface area contributed by atoms with Gasteiger partial charge in [0.15, 0.2) is 0 Å². The van der Waals surface area contributed by atoms with Gasteiger partial charge in [0.2, 0.25) is 0 Å². The fourth-order valence-corrected chi connectivity index (χ4v) is 3.54. The van der Waals surface area contributed by atoms with E-state index in [4.69, 9.17) is 4.42 Å². The molecule has 0 amide bonds. The third kappa shape index (κ3) is 3.25. The average molecular weight is 364 g/mol. The molecular formula is C17H18BrNO3. The van der Waals surface area contributed by atoms with Crippen molar-refractivity contribution in [1.29, 1.82) is 0 Å². The number of carbonyl (C=O) groups is 1. The van der Waals surface area contributed by atoms with Crippen LogP contribution in [0.25, 0.3) is 0 Å². The summed E-state index contributed by atoms with van der Waals surface area (Å²) in [5.74, 6) is -0.167. The Hall–Kier alpha value is -1.59. The number of aliphatic carboxylic acids is 1. The Kier molecular flexibility index (Phi) is 4.64. The van der Waals surface area contributed by atoms with Crippen molar-refractivity contribution in [2.75, 3.05) is 13.1 Å². The van der Waals surface area contributed by atoms with Gasteiger partial charge in [0.05, 0.1) is 18.2 Å². The van der Waals surface area contributed by atoms with Gasteiger partial charge in [0.1, 0.15) is 5.76 Å². The zero-order chi connectivity index (χ0) is 15.5. The Morgan fingerprint density at radius 1 is 1.36 bits per heavy atom. The van der Waals surface area contributed by atoms with Crippen LogP contribution < -0.4 is 0 Å². The summed E-state index contributed by atoms with van der Waals surface area (Å²) in [7, 11) is 0. The minimum Gasteiger partial charge on any atom is -0.481 e. The van der Waals surface area contributed by atoms with Crippen LogP contribution in [0.4, 0.5) is 0 Å². The van der Waals surface area contributed by atoms with Crippen LogP contribution in [0.3, 0.4) is 0 Å². The number of furan rings is 1. The van der Waals surface area contributed by atoms with E-state index >= 15 is 0 Å². The van der Waals surface area contributed by atoms with E-state index in [2.05, 4.69) is 33.0 Å². The average Bonchev–Trinajstić information content (AvgIpc) is 3.02. The fraction of sp³-hybridized carbons (Fsp3) is 0.353. The monoisotopic (exact) mass is 363 g/mol. The molecule has 0 aliphatic carbocycles. The molecule has 1 saturated heterocycles. The highest BCUT2D eigenvalue weighted by Crippen LogP contribution is 2.33. The van der Waals surface area contributed by atoms with Crippen molar-refractivity contribution in [3.05, 3.63) is 58.5 Å². The van der Waals surface area contributed by atoms with Crippen LogP contribution in [0.1, 0.15) is 30.2 Å². The maximum Gasteiger partial charge on any atom is 0.307 e. The standard InChI is InChI=1S/C17H18BrNO3/c18-14-6-1-4-12(10-14)16(15-7-3-9-22-15)19-8-2-5-13(11-19)17(20)21/h1,3-4,6-7,9-10,13,16H,2,5,8,11H2,(H,20,21). The number of carboxylic acid groups (broad SMARTS) is 1. The summed E-state index contributed by atoms with van der Waals surface area (Å²) in [6.07, 6.45) is 3.30. The molecule has 0 saturated carbocycles. The van der Waals surface area contributed by atoms with E-state index in [9.17, 15) is 9.90 Å². The number of rotatable bonds is 4. The number of hydrogen-bond donors (Lipinski definition) is 1. The Morgan fingerprint density at radius 2 is 2.23 bits per heavy atom. The molecule has 1 aliphatic heterocycles. The fourth-order valence-electron chi connectivity index (χ4n) is 3.12. The molecule has 2 unspecified atom stereocenters. The van der Waals surface area contributed by atoms with Crippen molar-refractivity contribution in [2.24, 2.45) is 5.92 Å². The molecule has 4 nitrogen and oxygen atoms in total. The minimum absolute atomic E-state index is 0.0466. The van der Waals surface area contributed by atoms with Crippen LogP contribution in [0.5, 0.6) is 0 Å². The molecule has 2 aromatic rings. The third-order valence-corrected chi connectivity index (χ3v) is 4.64. The summed E-state index contributed by atoms with van der Waals surface area (Å²) in [4.78, 5) is 13.6. The second-order valence-electron chi connectivity index (χ2n) is 5.65. The van der Waals surface area contributed by atoms with Crippen molar-refractivity contribution in [2.45, 2.75) is 18.9 Å². The SMILES string of the molecule is O=C(O)C1CCCN(C(c2cccc(Br)c2)c2ccco2)C1. The smallest absolute Gasteiger partial charge is 0.307 e. The van der Waals surface area contributed by atoms with Gasteiger partial charge in [-0.25, -0.2) is 0 Å². The second kappa shape index (κ2) is 6.67. The minimum atomic E-state index is -0.711. The Balaban J connectivity index is 1.94. The first-order valence-electron chi connectivity index (χ1n) is 7.41. The number of benzene rings is 1. The van der Waals surface area contributed by atoms with Gasteiger partial charge in [0.25, 0.3) is 0 Å². The van der Waals surface area contributed by atoms with Crippen LogP contribution in [0.2, 0.25) is 0 Å². The molecule has 1 aromatic heterocycles. The largest absolute Gasteiger partial charge is 0.481 e.